The smallest absolute Gasteiger partial charge is 0.262 e. The largest absolute Gasteiger partial charge is 0.493 e. The highest BCUT2D eigenvalue weighted by Gasteiger charge is 2.14. The molecule has 33 heavy (non-hydrogen) atoms. The lowest BCUT2D eigenvalue weighted by Crippen LogP contribution is -2.20. The van der Waals surface area contributed by atoms with E-state index < -0.39 is 11.7 Å². The Morgan fingerprint density at radius 2 is 1.76 bits per heavy atom. The predicted octanol–water partition coefficient (Wildman–Crippen LogP) is 4.65. The molecule has 0 aliphatic rings. The lowest BCUT2D eigenvalue weighted by Gasteiger charge is -2.13. The normalized spacial score (nSPS) is 10.5. The Kier molecular flexibility index (Phi) is 6.45. The van der Waals surface area contributed by atoms with Crippen molar-refractivity contribution in [2.75, 3.05) is 24.4 Å². The molecule has 2 N–H and O–H groups in total. The number of amides is 2. The number of nitrogens with one attached hydrogen (secondary N) is 2. The summed E-state index contributed by atoms with van der Waals surface area (Å²) in [5.74, 6) is -0.537. The monoisotopic (exact) mass is 445 g/mol. The minimum absolute atomic E-state index is 0.289. The SMILES string of the molecule is COc1cc(C(=O)Nc2cccc3ncccc23)ccc1OCC(=O)Nc1ccc(F)cc1. The van der Waals surface area contributed by atoms with Gasteiger partial charge in [0.2, 0.25) is 0 Å². The highest BCUT2D eigenvalue weighted by molar-refractivity contribution is 6.09. The maximum absolute atomic E-state index is 13.0. The van der Waals surface area contributed by atoms with Crippen LogP contribution in [0.15, 0.2) is 79.0 Å². The second-order valence-electron chi connectivity index (χ2n) is 7.04. The van der Waals surface area contributed by atoms with Crippen molar-refractivity contribution in [2.24, 2.45) is 0 Å². The van der Waals surface area contributed by atoms with E-state index in [-0.39, 0.29) is 12.5 Å². The molecule has 0 fully saturated rings. The molecule has 0 atom stereocenters. The Morgan fingerprint density at radius 3 is 2.55 bits per heavy atom. The minimum Gasteiger partial charge on any atom is -0.493 e. The molecule has 166 valence electrons. The zero-order chi connectivity index (χ0) is 23.2. The van der Waals surface area contributed by atoms with Gasteiger partial charge in [-0.15, -0.1) is 0 Å². The van der Waals surface area contributed by atoms with Crippen LogP contribution in [0.1, 0.15) is 10.4 Å². The first kappa shape index (κ1) is 21.8. The molecule has 0 aliphatic heterocycles. The van der Waals surface area contributed by atoms with Gasteiger partial charge in [0.1, 0.15) is 5.82 Å². The van der Waals surface area contributed by atoms with Gasteiger partial charge < -0.3 is 20.1 Å². The maximum Gasteiger partial charge on any atom is 0.262 e. The highest BCUT2D eigenvalue weighted by Crippen LogP contribution is 2.29. The van der Waals surface area contributed by atoms with Gasteiger partial charge in [-0.3, -0.25) is 14.6 Å². The summed E-state index contributed by atoms with van der Waals surface area (Å²) in [6.45, 7) is -0.289. The summed E-state index contributed by atoms with van der Waals surface area (Å²) in [5, 5.41) is 6.32. The molecule has 8 heteroatoms. The summed E-state index contributed by atoms with van der Waals surface area (Å²) in [4.78, 5) is 29.2. The fraction of sp³-hybridized carbons (Fsp3) is 0.0800. The fourth-order valence-electron chi connectivity index (χ4n) is 3.21. The molecule has 7 nitrogen and oxygen atoms in total. The van der Waals surface area contributed by atoms with Crippen molar-refractivity contribution in [2.45, 2.75) is 0 Å². The van der Waals surface area contributed by atoms with Crippen molar-refractivity contribution in [3.8, 4) is 11.5 Å². The van der Waals surface area contributed by atoms with Crippen LogP contribution in [0.2, 0.25) is 0 Å². The lowest BCUT2D eigenvalue weighted by molar-refractivity contribution is -0.118. The average Bonchev–Trinajstić information content (AvgIpc) is 2.84. The lowest BCUT2D eigenvalue weighted by atomic mass is 10.1. The molecule has 0 saturated carbocycles. The van der Waals surface area contributed by atoms with E-state index >= 15 is 0 Å². The van der Waals surface area contributed by atoms with E-state index in [0.717, 1.165) is 10.9 Å². The Bertz CT molecular complexity index is 1300. The number of methoxy groups -OCH3 is 1. The van der Waals surface area contributed by atoms with Gasteiger partial charge >= 0.3 is 0 Å². The fourth-order valence-corrected chi connectivity index (χ4v) is 3.21. The Morgan fingerprint density at radius 1 is 0.939 bits per heavy atom. The second kappa shape index (κ2) is 9.78. The standard InChI is InChI=1S/C25H20FN3O4/c1-32-23-14-16(25(31)29-21-6-2-5-20-19(21)4-3-13-27-20)7-12-22(23)33-15-24(30)28-18-10-8-17(26)9-11-18/h2-14H,15H2,1H3,(H,28,30)(H,29,31). The van der Waals surface area contributed by atoms with Crippen molar-refractivity contribution in [1.82, 2.24) is 4.98 Å². The number of fused-ring (bicyclic) bond motifs is 1. The van der Waals surface area contributed by atoms with Crippen LogP contribution >= 0.6 is 0 Å². The molecular formula is C25H20FN3O4. The summed E-state index contributed by atoms with van der Waals surface area (Å²) >= 11 is 0. The number of rotatable bonds is 7. The molecule has 4 aromatic rings. The van der Waals surface area contributed by atoms with Crippen molar-refractivity contribution in [3.05, 3.63) is 90.4 Å². The van der Waals surface area contributed by atoms with E-state index in [4.69, 9.17) is 9.47 Å². The average molecular weight is 445 g/mol. The number of carbonyl (C=O) groups excluding carboxylic acids is 2. The topological polar surface area (TPSA) is 89.6 Å². The van der Waals surface area contributed by atoms with Gasteiger partial charge in [-0.05, 0) is 66.7 Å². The minimum atomic E-state index is -0.421. The number of benzene rings is 3. The Labute approximate surface area is 189 Å². The first-order valence-corrected chi connectivity index (χ1v) is 10.0. The quantitative estimate of drug-likeness (QED) is 0.432. The van der Waals surface area contributed by atoms with Crippen LogP contribution in [-0.2, 0) is 4.79 Å². The number of ether oxygens (including phenoxy) is 2. The summed E-state index contributed by atoms with van der Waals surface area (Å²) in [7, 11) is 1.44. The van der Waals surface area contributed by atoms with Gasteiger partial charge in [0, 0.05) is 22.8 Å². The third kappa shape index (κ3) is 5.24. The molecule has 0 aliphatic carbocycles. The number of aromatic nitrogens is 1. The molecule has 0 spiro atoms. The number of hydrogen-bond acceptors (Lipinski definition) is 5. The van der Waals surface area contributed by atoms with Crippen molar-refractivity contribution in [1.29, 1.82) is 0 Å². The number of hydrogen-bond donors (Lipinski definition) is 2. The number of nitrogens with zero attached hydrogens (tertiary/aromatic N) is 1. The molecule has 0 bridgehead atoms. The summed E-state index contributed by atoms with van der Waals surface area (Å²) in [6.07, 6.45) is 1.69. The Balaban J connectivity index is 1.43. The van der Waals surface area contributed by atoms with Crippen LogP contribution in [0, 0.1) is 5.82 Å². The van der Waals surface area contributed by atoms with E-state index in [1.165, 1.54) is 37.4 Å². The van der Waals surface area contributed by atoms with Gasteiger partial charge in [-0.1, -0.05) is 6.07 Å². The highest BCUT2D eigenvalue weighted by atomic mass is 19.1. The molecule has 2 amide bonds. The van der Waals surface area contributed by atoms with Gasteiger partial charge in [0.05, 0.1) is 18.3 Å². The van der Waals surface area contributed by atoms with Crippen molar-refractivity contribution < 1.29 is 23.5 Å². The van der Waals surface area contributed by atoms with Crippen LogP contribution in [-0.4, -0.2) is 30.5 Å². The van der Waals surface area contributed by atoms with Crippen LogP contribution in [0.3, 0.4) is 0 Å². The third-order valence-electron chi connectivity index (χ3n) is 4.81. The van der Waals surface area contributed by atoms with E-state index in [1.807, 2.05) is 18.2 Å². The van der Waals surface area contributed by atoms with E-state index in [0.29, 0.717) is 28.4 Å². The van der Waals surface area contributed by atoms with Gasteiger partial charge in [-0.2, -0.15) is 0 Å². The molecule has 4 rings (SSSR count). The number of pyridine rings is 1. The Hall–Kier alpha value is -4.46. The van der Waals surface area contributed by atoms with Gasteiger partial charge in [0.25, 0.3) is 11.8 Å². The van der Waals surface area contributed by atoms with E-state index in [2.05, 4.69) is 15.6 Å². The van der Waals surface area contributed by atoms with E-state index in [1.54, 1.807) is 30.5 Å². The van der Waals surface area contributed by atoms with Crippen LogP contribution in [0.5, 0.6) is 11.5 Å². The van der Waals surface area contributed by atoms with Gasteiger partial charge in [-0.25, -0.2) is 4.39 Å². The molecule has 1 aromatic heterocycles. The van der Waals surface area contributed by atoms with Crippen LogP contribution < -0.4 is 20.1 Å². The molecule has 0 saturated heterocycles. The van der Waals surface area contributed by atoms with Crippen molar-refractivity contribution >= 4 is 34.1 Å². The van der Waals surface area contributed by atoms with Crippen LogP contribution in [0.25, 0.3) is 10.9 Å². The van der Waals surface area contributed by atoms with Crippen LogP contribution in [0.4, 0.5) is 15.8 Å². The molecule has 3 aromatic carbocycles. The maximum atomic E-state index is 13.0. The number of carbonyl (C=O) groups is 2. The number of halogens is 1. The predicted molar refractivity (Wildman–Crippen MR) is 123 cm³/mol. The van der Waals surface area contributed by atoms with Gasteiger partial charge in [0.15, 0.2) is 18.1 Å². The zero-order valence-corrected chi connectivity index (χ0v) is 17.7. The summed E-state index contributed by atoms with van der Waals surface area (Å²) < 4.78 is 23.9. The molecule has 1 heterocycles. The van der Waals surface area contributed by atoms with Crippen molar-refractivity contribution in [3.63, 3.8) is 0 Å². The molecule has 0 unspecified atom stereocenters. The zero-order valence-electron chi connectivity index (χ0n) is 17.7. The first-order valence-electron chi connectivity index (χ1n) is 10.0. The molecule has 0 radical (unpaired) electrons. The first-order chi connectivity index (χ1) is 16.0. The summed E-state index contributed by atoms with van der Waals surface area (Å²) in [5.41, 5.74) is 2.22. The third-order valence-corrected chi connectivity index (χ3v) is 4.81. The van der Waals surface area contributed by atoms with E-state index in [9.17, 15) is 14.0 Å². The second-order valence-corrected chi connectivity index (χ2v) is 7.04. The number of anilines is 2. The summed E-state index contributed by atoms with van der Waals surface area (Å²) in [6, 6.07) is 19.2. The molecular weight excluding hydrogens is 425 g/mol.